The lowest BCUT2D eigenvalue weighted by atomic mass is 10.2. The summed E-state index contributed by atoms with van der Waals surface area (Å²) < 4.78 is 46.1. The molecule has 0 bridgehead atoms. The van der Waals surface area contributed by atoms with E-state index < -0.39 is 18.1 Å². The Bertz CT molecular complexity index is 1300. The number of rotatable bonds is 6. The SMILES string of the molecule is CNC(=O)c1cc(Oc2ccc3c(ccn3C(O)Nc3cccc(C(F)(F)F)c3)c2)ccn1. The van der Waals surface area contributed by atoms with Crippen LogP contribution in [0.3, 0.4) is 0 Å². The number of hydrogen-bond acceptors (Lipinski definition) is 5. The lowest BCUT2D eigenvalue weighted by Crippen LogP contribution is -2.18. The first-order chi connectivity index (χ1) is 15.7. The fourth-order valence-electron chi connectivity index (χ4n) is 3.29. The van der Waals surface area contributed by atoms with E-state index in [9.17, 15) is 23.1 Å². The number of aliphatic hydroxyl groups is 1. The van der Waals surface area contributed by atoms with E-state index in [1.165, 1.54) is 36.0 Å². The standard InChI is InChI=1S/C23H19F3N4O3/c1-27-21(31)19-13-18(7-9-28-19)33-17-5-6-20-14(11-17)8-10-30(20)22(32)29-16-4-2-3-15(12-16)23(24,25)26/h2-13,22,29,32H,1H3,(H,27,31). The highest BCUT2D eigenvalue weighted by Crippen LogP contribution is 2.32. The van der Waals surface area contributed by atoms with Crippen molar-refractivity contribution in [2.75, 3.05) is 12.4 Å². The first-order valence-corrected chi connectivity index (χ1v) is 9.83. The molecule has 0 radical (unpaired) electrons. The zero-order valence-electron chi connectivity index (χ0n) is 17.3. The second kappa shape index (κ2) is 8.83. The van der Waals surface area contributed by atoms with Gasteiger partial charge in [0.2, 0.25) is 6.35 Å². The number of carbonyl (C=O) groups is 1. The summed E-state index contributed by atoms with van der Waals surface area (Å²) in [5.74, 6) is 0.582. The Balaban J connectivity index is 1.53. The van der Waals surface area contributed by atoms with Gasteiger partial charge in [-0.3, -0.25) is 9.78 Å². The molecule has 1 amide bonds. The van der Waals surface area contributed by atoms with Gasteiger partial charge in [0.15, 0.2) is 0 Å². The van der Waals surface area contributed by atoms with Crippen LogP contribution in [-0.4, -0.2) is 27.6 Å². The largest absolute Gasteiger partial charge is 0.457 e. The van der Waals surface area contributed by atoms with Gasteiger partial charge >= 0.3 is 6.18 Å². The van der Waals surface area contributed by atoms with Crippen LogP contribution in [0.5, 0.6) is 11.5 Å². The Morgan fingerprint density at radius 3 is 2.64 bits per heavy atom. The van der Waals surface area contributed by atoms with E-state index >= 15 is 0 Å². The van der Waals surface area contributed by atoms with Gasteiger partial charge in [0.1, 0.15) is 17.2 Å². The summed E-state index contributed by atoms with van der Waals surface area (Å²) in [5.41, 5.74) is 0.166. The molecule has 33 heavy (non-hydrogen) atoms. The highest BCUT2D eigenvalue weighted by Gasteiger charge is 2.30. The van der Waals surface area contributed by atoms with Gasteiger partial charge in [-0.2, -0.15) is 13.2 Å². The summed E-state index contributed by atoms with van der Waals surface area (Å²) in [6.07, 6.45) is -2.71. The molecule has 10 heteroatoms. The van der Waals surface area contributed by atoms with Crippen LogP contribution >= 0.6 is 0 Å². The molecule has 0 aliphatic rings. The van der Waals surface area contributed by atoms with Gasteiger partial charge in [-0.1, -0.05) is 6.07 Å². The number of nitrogens with zero attached hydrogens (tertiary/aromatic N) is 2. The van der Waals surface area contributed by atoms with Crippen molar-refractivity contribution in [3.8, 4) is 11.5 Å². The number of anilines is 1. The van der Waals surface area contributed by atoms with E-state index in [1.807, 2.05) is 0 Å². The predicted molar refractivity (Wildman–Crippen MR) is 116 cm³/mol. The van der Waals surface area contributed by atoms with Crippen molar-refractivity contribution in [2.24, 2.45) is 0 Å². The first kappa shape index (κ1) is 22.2. The number of hydrogen-bond donors (Lipinski definition) is 3. The monoisotopic (exact) mass is 456 g/mol. The van der Waals surface area contributed by atoms with Gasteiger partial charge in [-0.15, -0.1) is 0 Å². The quantitative estimate of drug-likeness (QED) is 0.364. The van der Waals surface area contributed by atoms with Gasteiger partial charge in [-0.05, 0) is 48.5 Å². The lowest BCUT2D eigenvalue weighted by molar-refractivity contribution is -0.137. The second-order valence-electron chi connectivity index (χ2n) is 7.10. The molecule has 1 unspecified atom stereocenters. The van der Waals surface area contributed by atoms with Crippen LogP contribution in [0.15, 0.2) is 73.1 Å². The van der Waals surface area contributed by atoms with Crippen LogP contribution < -0.4 is 15.4 Å². The molecule has 4 rings (SSSR count). The normalized spacial score (nSPS) is 12.4. The highest BCUT2D eigenvalue weighted by molar-refractivity contribution is 5.92. The van der Waals surface area contributed by atoms with Crippen molar-refractivity contribution >= 4 is 22.5 Å². The van der Waals surface area contributed by atoms with Gasteiger partial charge in [-0.25, -0.2) is 0 Å². The fraction of sp³-hybridized carbons (Fsp3) is 0.130. The molecular weight excluding hydrogens is 437 g/mol. The van der Waals surface area contributed by atoms with Gasteiger partial charge < -0.3 is 25.0 Å². The topological polar surface area (TPSA) is 88.4 Å². The number of aliphatic hydroxyl groups excluding tert-OH is 1. The zero-order chi connectivity index (χ0) is 23.6. The molecule has 0 spiro atoms. The summed E-state index contributed by atoms with van der Waals surface area (Å²) in [6.45, 7) is 0. The molecule has 0 aliphatic carbocycles. The predicted octanol–water partition coefficient (Wildman–Crippen LogP) is 4.77. The Labute approximate surface area is 186 Å². The smallest absolute Gasteiger partial charge is 0.416 e. The lowest BCUT2D eigenvalue weighted by Gasteiger charge is -2.18. The van der Waals surface area contributed by atoms with Crippen LogP contribution in [-0.2, 0) is 6.18 Å². The van der Waals surface area contributed by atoms with Crippen LogP contribution in [0.2, 0.25) is 0 Å². The number of aromatic nitrogens is 2. The molecule has 7 nitrogen and oxygen atoms in total. The number of alkyl halides is 3. The van der Waals surface area contributed by atoms with E-state index in [2.05, 4.69) is 15.6 Å². The molecule has 0 fully saturated rings. The number of pyridine rings is 1. The van der Waals surface area contributed by atoms with Gasteiger partial charge in [0, 0.05) is 36.6 Å². The molecule has 3 N–H and O–H groups in total. The maximum absolute atomic E-state index is 12.9. The average Bonchev–Trinajstić information content (AvgIpc) is 3.22. The molecular formula is C23H19F3N4O3. The number of ether oxygens (including phenoxy) is 1. The first-order valence-electron chi connectivity index (χ1n) is 9.83. The molecule has 4 aromatic rings. The molecule has 2 aromatic carbocycles. The summed E-state index contributed by atoms with van der Waals surface area (Å²) in [5, 5.41) is 16.5. The molecule has 0 saturated carbocycles. The Morgan fingerprint density at radius 1 is 1.09 bits per heavy atom. The minimum absolute atomic E-state index is 0.128. The summed E-state index contributed by atoms with van der Waals surface area (Å²) >= 11 is 0. The van der Waals surface area contributed by atoms with Crippen LogP contribution in [0.25, 0.3) is 10.9 Å². The third-order valence-electron chi connectivity index (χ3n) is 4.87. The maximum atomic E-state index is 12.9. The molecule has 0 aliphatic heterocycles. The van der Waals surface area contributed by atoms with Crippen molar-refractivity contribution in [1.29, 1.82) is 0 Å². The number of carbonyl (C=O) groups excluding carboxylic acids is 1. The Hall–Kier alpha value is -4.05. The average molecular weight is 456 g/mol. The summed E-state index contributed by atoms with van der Waals surface area (Å²) in [7, 11) is 1.51. The minimum Gasteiger partial charge on any atom is -0.457 e. The zero-order valence-corrected chi connectivity index (χ0v) is 17.3. The van der Waals surface area contributed by atoms with E-state index in [4.69, 9.17) is 4.74 Å². The highest BCUT2D eigenvalue weighted by atomic mass is 19.4. The number of fused-ring (bicyclic) bond motifs is 1. The van der Waals surface area contributed by atoms with Gasteiger partial charge in [0.25, 0.3) is 5.91 Å². The number of amides is 1. The van der Waals surface area contributed by atoms with Crippen molar-refractivity contribution in [3.05, 3.63) is 84.3 Å². The summed E-state index contributed by atoms with van der Waals surface area (Å²) in [6, 6.07) is 14.6. The fourth-order valence-corrected chi connectivity index (χ4v) is 3.29. The van der Waals surface area contributed by atoms with Crippen LogP contribution in [0.1, 0.15) is 22.4 Å². The number of nitrogens with one attached hydrogen (secondary N) is 2. The van der Waals surface area contributed by atoms with Crippen molar-refractivity contribution in [1.82, 2.24) is 14.9 Å². The van der Waals surface area contributed by atoms with Crippen molar-refractivity contribution in [3.63, 3.8) is 0 Å². The number of benzene rings is 2. The number of halogens is 3. The Kier molecular flexibility index (Phi) is 5.93. The van der Waals surface area contributed by atoms with Crippen LogP contribution in [0.4, 0.5) is 18.9 Å². The van der Waals surface area contributed by atoms with E-state index in [0.717, 1.165) is 17.5 Å². The van der Waals surface area contributed by atoms with Crippen molar-refractivity contribution in [2.45, 2.75) is 12.5 Å². The van der Waals surface area contributed by atoms with E-state index in [1.54, 1.807) is 36.5 Å². The third-order valence-corrected chi connectivity index (χ3v) is 4.87. The molecule has 2 aromatic heterocycles. The Morgan fingerprint density at radius 2 is 1.88 bits per heavy atom. The molecule has 1 atom stereocenters. The maximum Gasteiger partial charge on any atom is 0.416 e. The molecule has 2 heterocycles. The minimum atomic E-state index is -4.48. The van der Waals surface area contributed by atoms with E-state index in [0.29, 0.717) is 17.0 Å². The van der Waals surface area contributed by atoms with Crippen molar-refractivity contribution < 1.29 is 27.8 Å². The van der Waals surface area contributed by atoms with Gasteiger partial charge in [0.05, 0.1) is 11.1 Å². The molecule has 170 valence electrons. The summed E-state index contributed by atoms with van der Waals surface area (Å²) in [4.78, 5) is 15.7. The van der Waals surface area contributed by atoms with E-state index in [-0.39, 0.29) is 17.3 Å². The third kappa shape index (κ3) is 4.90. The van der Waals surface area contributed by atoms with Crippen LogP contribution in [0, 0.1) is 0 Å². The molecule has 0 saturated heterocycles. The second-order valence-corrected chi connectivity index (χ2v) is 7.10.